The number of aromatic nitrogens is 2. The molecule has 1 amide bonds. The van der Waals surface area contributed by atoms with Gasteiger partial charge in [0.2, 0.25) is 5.91 Å². The van der Waals surface area contributed by atoms with E-state index in [1.807, 2.05) is 0 Å². The van der Waals surface area contributed by atoms with Gasteiger partial charge in [0, 0.05) is 18.2 Å². The van der Waals surface area contributed by atoms with Crippen molar-refractivity contribution in [2.75, 3.05) is 5.32 Å². The van der Waals surface area contributed by atoms with Gasteiger partial charge in [-0.1, -0.05) is 18.6 Å². The topological polar surface area (TPSA) is 46.9 Å². The van der Waals surface area contributed by atoms with E-state index >= 15 is 0 Å². The second-order valence-electron chi connectivity index (χ2n) is 7.32. The highest BCUT2D eigenvalue weighted by molar-refractivity contribution is 5.96. The number of hydrogen-bond donors (Lipinski definition) is 1. The van der Waals surface area contributed by atoms with E-state index in [9.17, 15) is 18.0 Å². The number of aryl methyl sites for hydroxylation is 1. The first-order valence-electron chi connectivity index (χ1n) is 8.65. The van der Waals surface area contributed by atoms with Crippen molar-refractivity contribution in [1.82, 2.24) is 9.78 Å². The third kappa shape index (κ3) is 3.10. The number of amides is 1. The van der Waals surface area contributed by atoms with Gasteiger partial charge in [0.1, 0.15) is 11.2 Å². The standard InChI is InChI=1S/C19H22F3N3O/c1-19(2,17(21)22)18(26)23-16-14(11-7-6-8-11)15(25(3)24-16)12-9-4-5-10-13(12)20/h4-5,9-11,17H,6-8H2,1-3H3,(H,23,24,26). The first kappa shape index (κ1) is 18.5. The summed E-state index contributed by atoms with van der Waals surface area (Å²) in [5, 5.41) is 6.88. The van der Waals surface area contributed by atoms with Gasteiger partial charge >= 0.3 is 0 Å². The van der Waals surface area contributed by atoms with Crippen molar-refractivity contribution in [1.29, 1.82) is 0 Å². The molecule has 1 fully saturated rings. The maximum atomic E-state index is 14.4. The number of alkyl halides is 2. The van der Waals surface area contributed by atoms with E-state index in [4.69, 9.17) is 0 Å². The smallest absolute Gasteiger partial charge is 0.252 e. The highest BCUT2D eigenvalue weighted by atomic mass is 19.3. The predicted molar refractivity (Wildman–Crippen MR) is 93.6 cm³/mol. The lowest BCUT2D eigenvalue weighted by atomic mass is 9.78. The number of carbonyl (C=O) groups excluding carboxylic acids is 1. The van der Waals surface area contributed by atoms with Crippen molar-refractivity contribution < 1.29 is 18.0 Å². The summed E-state index contributed by atoms with van der Waals surface area (Å²) in [6, 6.07) is 6.36. The SMILES string of the molecule is Cn1nc(NC(=O)C(C)(C)C(F)F)c(C2CCC2)c1-c1ccccc1F. The van der Waals surface area contributed by atoms with E-state index in [2.05, 4.69) is 10.4 Å². The summed E-state index contributed by atoms with van der Waals surface area (Å²) < 4.78 is 42.2. The monoisotopic (exact) mass is 365 g/mol. The minimum Gasteiger partial charge on any atom is -0.308 e. The third-order valence-electron chi connectivity index (χ3n) is 5.09. The molecular formula is C19H22F3N3O. The summed E-state index contributed by atoms with van der Waals surface area (Å²) in [5.41, 5.74) is -0.148. The molecule has 0 aliphatic heterocycles. The van der Waals surface area contributed by atoms with Crippen LogP contribution >= 0.6 is 0 Å². The van der Waals surface area contributed by atoms with Gasteiger partial charge in [-0.05, 0) is 44.7 Å². The number of carbonyl (C=O) groups is 1. The molecule has 0 radical (unpaired) electrons. The molecule has 0 bridgehead atoms. The number of nitrogens with zero attached hydrogens (tertiary/aromatic N) is 2. The predicted octanol–water partition coefficient (Wildman–Crippen LogP) is 4.72. The molecule has 7 heteroatoms. The molecule has 1 aliphatic carbocycles. The summed E-state index contributed by atoms with van der Waals surface area (Å²) >= 11 is 0. The van der Waals surface area contributed by atoms with E-state index in [0.717, 1.165) is 24.8 Å². The molecule has 1 N–H and O–H groups in total. The highest BCUT2D eigenvalue weighted by Crippen LogP contribution is 2.45. The summed E-state index contributed by atoms with van der Waals surface area (Å²) in [7, 11) is 1.66. The molecular weight excluding hydrogens is 343 g/mol. The zero-order chi connectivity index (χ0) is 19.1. The lowest BCUT2D eigenvalue weighted by molar-refractivity contribution is -0.131. The van der Waals surface area contributed by atoms with Crippen LogP contribution in [0.15, 0.2) is 24.3 Å². The fourth-order valence-corrected chi connectivity index (χ4v) is 3.06. The van der Waals surface area contributed by atoms with Crippen molar-refractivity contribution >= 4 is 11.7 Å². The van der Waals surface area contributed by atoms with E-state index in [1.165, 1.54) is 24.6 Å². The maximum Gasteiger partial charge on any atom is 0.252 e. The largest absolute Gasteiger partial charge is 0.308 e. The minimum atomic E-state index is -2.80. The normalized spacial score (nSPS) is 15.2. The van der Waals surface area contributed by atoms with Crippen LogP contribution in [0, 0.1) is 11.2 Å². The molecule has 1 aromatic carbocycles. The van der Waals surface area contributed by atoms with Gasteiger partial charge < -0.3 is 5.32 Å². The lowest BCUT2D eigenvalue weighted by Crippen LogP contribution is -2.37. The van der Waals surface area contributed by atoms with Crippen LogP contribution in [0.3, 0.4) is 0 Å². The van der Waals surface area contributed by atoms with Crippen LogP contribution in [0.25, 0.3) is 11.3 Å². The molecule has 1 heterocycles. The molecule has 0 unspecified atom stereocenters. The number of rotatable bonds is 5. The Kier molecular flexibility index (Phi) is 4.82. The van der Waals surface area contributed by atoms with Gasteiger partial charge in [0.15, 0.2) is 5.82 Å². The quantitative estimate of drug-likeness (QED) is 0.833. The van der Waals surface area contributed by atoms with Crippen molar-refractivity contribution in [3.63, 3.8) is 0 Å². The van der Waals surface area contributed by atoms with Crippen LogP contribution in [0.2, 0.25) is 0 Å². The Morgan fingerprint density at radius 1 is 1.31 bits per heavy atom. The molecule has 1 aromatic heterocycles. The first-order valence-corrected chi connectivity index (χ1v) is 8.65. The molecule has 26 heavy (non-hydrogen) atoms. The molecule has 140 valence electrons. The molecule has 0 saturated heterocycles. The molecule has 0 atom stereocenters. The molecule has 4 nitrogen and oxygen atoms in total. The molecule has 3 rings (SSSR count). The Morgan fingerprint density at radius 3 is 2.50 bits per heavy atom. The van der Waals surface area contributed by atoms with Crippen LogP contribution < -0.4 is 5.32 Å². The van der Waals surface area contributed by atoms with Crippen LogP contribution in [-0.2, 0) is 11.8 Å². The number of halogens is 3. The summed E-state index contributed by atoms with van der Waals surface area (Å²) in [4.78, 5) is 12.4. The van der Waals surface area contributed by atoms with Gasteiger partial charge in [-0.15, -0.1) is 0 Å². The summed E-state index contributed by atoms with van der Waals surface area (Å²) in [6.07, 6.45) is 0.0266. The van der Waals surface area contributed by atoms with Crippen molar-refractivity contribution in [3.8, 4) is 11.3 Å². The van der Waals surface area contributed by atoms with Gasteiger partial charge in [0.05, 0.1) is 5.69 Å². The fraction of sp³-hybridized carbons (Fsp3) is 0.474. The number of hydrogen-bond acceptors (Lipinski definition) is 2. The number of anilines is 1. The van der Waals surface area contributed by atoms with Crippen LogP contribution in [0.1, 0.15) is 44.6 Å². The van der Waals surface area contributed by atoms with Crippen LogP contribution in [-0.4, -0.2) is 22.1 Å². The molecule has 1 aliphatic rings. The zero-order valence-corrected chi connectivity index (χ0v) is 15.0. The first-order chi connectivity index (χ1) is 12.2. The van der Waals surface area contributed by atoms with Crippen molar-refractivity contribution in [2.24, 2.45) is 12.5 Å². The molecule has 2 aromatic rings. The highest BCUT2D eigenvalue weighted by Gasteiger charge is 2.39. The van der Waals surface area contributed by atoms with Crippen LogP contribution in [0.5, 0.6) is 0 Å². The lowest BCUT2D eigenvalue weighted by Gasteiger charge is -2.28. The van der Waals surface area contributed by atoms with Gasteiger partial charge in [0.25, 0.3) is 6.43 Å². The van der Waals surface area contributed by atoms with Gasteiger partial charge in [-0.2, -0.15) is 5.10 Å². The van der Waals surface area contributed by atoms with Gasteiger partial charge in [-0.3, -0.25) is 9.48 Å². The van der Waals surface area contributed by atoms with E-state index in [1.54, 1.807) is 25.2 Å². The Balaban J connectivity index is 2.06. The number of benzene rings is 1. The van der Waals surface area contributed by atoms with E-state index < -0.39 is 17.7 Å². The van der Waals surface area contributed by atoms with E-state index in [-0.39, 0.29) is 17.6 Å². The second kappa shape index (κ2) is 6.78. The Morgan fingerprint density at radius 2 is 1.96 bits per heavy atom. The third-order valence-corrected chi connectivity index (χ3v) is 5.09. The maximum absolute atomic E-state index is 14.4. The molecule has 0 spiro atoms. The zero-order valence-electron chi connectivity index (χ0n) is 15.0. The fourth-order valence-electron chi connectivity index (χ4n) is 3.06. The second-order valence-corrected chi connectivity index (χ2v) is 7.32. The Labute approximate surface area is 150 Å². The molecule has 1 saturated carbocycles. The number of nitrogens with one attached hydrogen (secondary N) is 1. The Bertz CT molecular complexity index is 825. The average molecular weight is 365 g/mol. The van der Waals surface area contributed by atoms with Crippen LogP contribution in [0.4, 0.5) is 19.0 Å². The Hall–Kier alpha value is -2.31. The summed E-state index contributed by atoms with van der Waals surface area (Å²) in [5.74, 6) is -0.814. The van der Waals surface area contributed by atoms with Crippen molar-refractivity contribution in [3.05, 3.63) is 35.6 Å². The minimum absolute atomic E-state index is 0.128. The van der Waals surface area contributed by atoms with E-state index in [0.29, 0.717) is 11.3 Å². The van der Waals surface area contributed by atoms with Gasteiger partial charge in [-0.25, -0.2) is 13.2 Å². The van der Waals surface area contributed by atoms with Crippen molar-refractivity contribution in [2.45, 2.75) is 45.5 Å². The summed E-state index contributed by atoms with van der Waals surface area (Å²) in [6.45, 7) is 2.38. The average Bonchev–Trinajstić information content (AvgIpc) is 2.82.